The van der Waals surface area contributed by atoms with Gasteiger partial charge in [0.15, 0.2) is 6.10 Å². The van der Waals surface area contributed by atoms with Crippen LogP contribution in [0.3, 0.4) is 0 Å². The summed E-state index contributed by atoms with van der Waals surface area (Å²) in [5, 5.41) is 33.4. The van der Waals surface area contributed by atoms with Gasteiger partial charge in [0, 0.05) is 42.4 Å². The Kier molecular flexibility index (Phi) is 9.04. The molecule has 1 fully saturated rings. The first kappa shape index (κ1) is 33.9. The van der Waals surface area contributed by atoms with Gasteiger partial charge in [0.25, 0.3) is 11.8 Å². The number of aliphatic hydroxyl groups excluding tert-OH is 2. The van der Waals surface area contributed by atoms with E-state index in [0.29, 0.717) is 46.5 Å². The Morgan fingerprint density at radius 2 is 1.78 bits per heavy atom. The lowest BCUT2D eigenvalue weighted by Crippen LogP contribution is -2.52. The third-order valence-corrected chi connectivity index (χ3v) is 8.99. The quantitative estimate of drug-likeness (QED) is 0.161. The van der Waals surface area contributed by atoms with Crippen LogP contribution in [0.4, 0.5) is 11.4 Å². The van der Waals surface area contributed by atoms with Crippen molar-refractivity contribution in [2.24, 2.45) is 0 Å². The number of ether oxygens (including phenoxy) is 3. The van der Waals surface area contributed by atoms with Gasteiger partial charge in [-0.3, -0.25) is 9.59 Å². The molecule has 0 spiro atoms. The van der Waals surface area contributed by atoms with Gasteiger partial charge in [-0.25, -0.2) is 14.0 Å². The Morgan fingerprint density at radius 1 is 1.02 bits per heavy atom. The van der Waals surface area contributed by atoms with Crippen LogP contribution in [0, 0.1) is 0 Å². The van der Waals surface area contributed by atoms with Gasteiger partial charge >= 0.3 is 5.97 Å². The third kappa shape index (κ3) is 6.67. The number of hydrogen-bond donors (Lipinski definition) is 4. The van der Waals surface area contributed by atoms with Crippen molar-refractivity contribution < 1.29 is 56.9 Å². The van der Waals surface area contributed by atoms with Crippen molar-refractivity contribution in [1.29, 1.82) is 0 Å². The number of aliphatic carboxylic acids is 1. The van der Waals surface area contributed by atoms with E-state index >= 15 is 0 Å². The standard InChI is InChI=1S/C34H30N4O12S/c1-47-20-7-8-22-23(12-20)21-10-11-38(25(21)13-27(22)50-51(45)46)32(42)24-16-37-15-18(4-9-29(37)36-24)35-31(41)17-2-5-19(6-3-17)48-34-30(40)26(39)14-28(49-34)33(43)44/h2-9,12-13,15-16,26,28,30,34,39-40H,10-11,14H2,1H3,(H,35,41)(H,43,44)(H,45,46)/p-1/t26-,28?,30+,34+/m0/s1. The van der Waals surface area contributed by atoms with Crippen molar-refractivity contribution in [3.8, 4) is 17.2 Å². The normalized spacial score (nSPS) is 20.5. The molecule has 2 amide bonds. The van der Waals surface area contributed by atoms with Gasteiger partial charge in [0.05, 0.1) is 24.6 Å². The fourth-order valence-electron chi connectivity index (χ4n) is 6.17. The van der Waals surface area contributed by atoms with Crippen LogP contribution < -0.4 is 23.9 Å². The summed E-state index contributed by atoms with van der Waals surface area (Å²) in [5.41, 5.74) is 2.54. The molecule has 2 aromatic heterocycles. The van der Waals surface area contributed by atoms with E-state index < -0.39 is 53.7 Å². The van der Waals surface area contributed by atoms with E-state index in [1.54, 1.807) is 40.9 Å². The highest BCUT2D eigenvalue weighted by molar-refractivity contribution is 7.74. The monoisotopic (exact) mass is 717 g/mol. The number of rotatable bonds is 9. The first-order valence-electron chi connectivity index (χ1n) is 15.5. The summed E-state index contributed by atoms with van der Waals surface area (Å²) < 4.78 is 45.8. The Hall–Kier alpha value is -5.59. The first-order valence-corrected chi connectivity index (χ1v) is 16.5. The van der Waals surface area contributed by atoms with Gasteiger partial charge in [-0.1, -0.05) is 0 Å². The molecule has 2 aliphatic rings. The van der Waals surface area contributed by atoms with Crippen LogP contribution in [0.25, 0.3) is 16.4 Å². The van der Waals surface area contributed by atoms with Gasteiger partial charge in [0.1, 0.15) is 46.1 Å². The summed E-state index contributed by atoms with van der Waals surface area (Å²) >= 11 is -2.84. The maximum Gasteiger partial charge on any atom is 0.333 e. The van der Waals surface area contributed by atoms with Crippen molar-refractivity contribution in [3.05, 3.63) is 89.9 Å². The van der Waals surface area contributed by atoms with Gasteiger partial charge < -0.3 is 52.9 Å². The zero-order valence-electron chi connectivity index (χ0n) is 26.6. The summed E-state index contributed by atoms with van der Waals surface area (Å²) in [5.74, 6) is -1.38. The molecule has 7 rings (SSSR count). The largest absolute Gasteiger partial charge is 0.740 e. The number of imidazole rings is 1. The number of carboxylic acid groups (broad SMARTS) is 1. The summed E-state index contributed by atoms with van der Waals surface area (Å²) in [4.78, 5) is 44.1. The molecule has 5 atom stereocenters. The molecule has 3 aromatic carbocycles. The fraction of sp³-hybridized carbons (Fsp3) is 0.235. The molecule has 16 nitrogen and oxygen atoms in total. The highest BCUT2D eigenvalue weighted by atomic mass is 32.2. The zero-order chi connectivity index (χ0) is 36.0. The molecule has 0 radical (unpaired) electrons. The average molecular weight is 718 g/mol. The molecule has 4 heterocycles. The van der Waals surface area contributed by atoms with Crippen LogP contribution in [0.2, 0.25) is 0 Å². The highest BCUT2D eigenvalue weighted by Gasteiger charge is 2.41. The van der Waals surface area contributed by atoms with Crippen molar-refractivity contribution in [2.45, 2.75) is 37.4 Å². The van der Waals surface area contributed by atoms with E-state index in [1.165, 1.54) is 48.5 Å². The number of carbonyl (C=O) groups excluding carboxylic acids is 2. The van der Waals surface area contributed by atoms with Crippen LogP contribution in [-0.2, 0) is 27.3 Å². The molecule has 264 valence electrons. The number of nitrogens with zero attached hydrogens (tertiary/aromatic N) is 3. The number of carboxylic acids is 1. The minimum absolute atomic E-state index is 0.0720. The summed E-state index contributed by atoms with van der Waals surface area (Å²) in [7, 11) is 1.52. The Bertz CT molecular complexity index is 2210. The lowest BCUT2D eigenvalue weighted by molar-refractivity contribution is -0.238. The second-order valence-corrected chi connectivity index (χ2v) is 12.4. The number of carbonyl (C=O) groups is 3. The van der Waals surface area contributed by atoms with Crippen molar-refractivity contribution in [1.82, 2.24) is 9.38 Å². The lowest BCUT2D eigenvalue weighted by atomic mass is 10.0. The van der Waals surface area contributed by atoms with Crippen LogP contribution in [-0.4, -0.2) is 89.5 Å². The van der Waals surface area contributed by atoms with Gasteiger partial charge in [0.2, 0.25) is 6.29 Å². The molecule has 0 aliphatic carbocycles. The predicted molar refractivity (Wildman–Crippen MR) is 179 cm³/mol. The molecule has 51 heavy (non-hydrogen) atoms. The van der Waals surface area contributed by atoms with Crippen molar-refractivity contribution in [2.75, 3.05) is 23.9 Å². The number of amides is 2. The number of aliphatic hydroxyl groups is 2. The maximum absolute atomic E-state index is 13.8. The second kappa shape index (κ2) is 13.6. The van der Waals surface area contributed by atoms with E-state index in [4.69, 9.17) is 18.4 Å². The summed E-state index contributed by atoms with van der Waals surface area (Å²) in [6, 6.07) is 15.7. The van der Waals surface area contributed by atoms with Crippen molar-refractivity contribution >= 4 is 56.9 Å². The van der Waals surface area contributed by atoms with E-state index in [-0.39, 0.29) is 29.2 Å². The number of methoxy groups -OCH3 is 1. The Morgan fingerprint density at radius 3 is 2.51 bits per heavy atom. The minimum atomic E-state index is -2.84. The first-order chi connectivity index (χ1) is 24.5. The lowest BCUT2D eigenvalue weighted by Gasteiger charge is -2.35. The van der Waals surface area contributed by atoms with Gasteiger partial charge in [-0.05, 0) is 72.0 Å². The maximum atomic E-state index is 13.8. The topological polar surface area (TPSA) is 222 Å². The Balaban J connectivity index is 1.06. The molecular formula is C34H29N4O12S-. The van der Waals surface area contributed by atoms with E-state index in [9.17, 15) is 38.5 Å². The van der Waals surface area contributed by atoms with E-state index in [0.717, 1.165) is 5.56 Å². The number of anilines is 2. The molecule has 2 unspecified atom stereocenters. The van der Waals surface area contributed by atoms with Gasteiger partial charge in [-0.2, -0.15) is 0 Å². The molecular weight excluding hydrogens is 688 g/mol. The van der Waals surface area contributed by atoms with Crippen LogP contribution in [0.5, 0.6) is 17.2 Å². The van der Waals surface area contributed by atoms with E-state index in [2.05, 4.69) is 10.3 Å². The molecule has 5 aromatic rings. The summed E-state index contributed by atoms with van der Waals surface area (Å²) in [6.07, 6.45) is -2.27. The second-order valence-electron chi connectivity index (χ2n) is 11.8. The molecule has 1 saturated heterocycles. The molecule has 2 aliphatic heterocycles. The summed E-state index contributed by atoms with van der Waals surface area (Å²) in [6.45, 7) is 0.322. The number of pyridine rings is 1. The molecule has 0 saturated carbocycles. The SMILES string of the molecule is COc1ccc2c(OS(=O)[O-])cc3c(c2c1)CCN3C(=O)c1cn2cc(NC(=O)c3ccc(O[C@@H]4OC(C(=O)O)C[C@H](O)[C@H]4O)cc3)ccc2n1. The minimum Gasteiger partial charge on any atom is -0.740 e. The highest BCUT2D eigenvalue weighted by Crippen LogP contribution is 2.42. The Labute approximate surface area is 291 Å². The number of aromatic nitrogens is 2. The molecule has 4 N–H and O–H groups in total. The number of benzene rings is 3. The molecule has 0 bridgehead atoms. The van der Waals surface area contributed by atoms with Crippen LogP contribution in [0.1, 0.15) is 32.8 Å². The number of nitrogens with one attached hydrogen (secondary N) is 1. The number of fused-ring (bicyclic) bond motifs is 4. The smallest absolute Gasteiger partial charge is 0.333 e. The number of hydrogen-bond acceptors (Lipinski definition) is 12. The van der Waals surface area contributed by atoms with Crippen molar-refractivity contribution in [3.63, 3.8) is 0 Å². The van der Waals surface area contributed by atoms with Gasteiger partial charge in [-0.15, -0.1) is 0 Å². The van der Waals surface area contributed by atoms with Crippen LogP contribution in [0.15, 0.2) is 73.1 Å². The fourth-order valence-corrected chi connectivity index (χ4v) is 6.45. The van der Waals surface area contributed by atoms with E-state index in [1.807, 2.05) is 0 Å². The average Bonchev–Trinajstić information content (AvgIpc) is 3.74. The molecule has 17 heteroatoms. The zero-order valence-corrected chi connectivity index (χ0v) is 27.4. The predicted octanol–water partition coefficient (Wildman–Crippen LogP) is 2.42. The third-order valence-electron chi connectivity index (χ3n) is 8.67. The van der Waals surface area contributed by atoms with Crippen LogP contribution >= 0.6 is 0 Å².